The lowest BCUT2D eigenvalue weighted by Gasteiger charge is -2.35. The zero-order chi connectivity index (χ0) is 36.8. The van der Waals surface area contributed by atoms with Gasteiger partial charge in [-0.2, -0.15) is 0 Å². The van der Waals surface area contributed by atoms with Gasteiger partial charge in [-0.1, -0.05) is 164 Å². The maximum atomic E-state index is 6.34. The molecule has 0 bridgehead atoms. The van der Waals surface area contributed by atoms with Crippen molar-refractivity contribution in [1.29, 1.82) is 0 Å². The molecule has 2 aliphatic rings. The molecular weight excluding hydrogens is 681 g/mol. The Morgan fingerprint density at radius 2 is 0.804 bits per heavy atom. The van der Waals surface area contributed by atoms with Crippen LogP contribution in [0.3, 0.4) is 0 Å². The number of rotatable bonds is 3. The normalized spacial score (nSPS) is 13.1. The third-order valence-corrected chi connectivity index (χ3v) is 11.9. The summed E-state index contributed by atoms with van der Waals surface area (Å²) in [5.74, 6) is 0.682. The summed E-state index contributed by atoms with van der Waals surface area (Å²) in [6.45, 7) is 0. The third-order valence-electron chi connectivity index (χ3n) is 11.9. The lowest BCUT2D eigenvalue weighted by molar-refractivity contribution is 0.669. The predicted octanol–water partition coefficient (Wildman–Crippen LogP) is 13.4. The summed E-state index contributed by atoms with van der Waals surface area (Å²) in [5.41, 5.74) is 18.5. The summed E-state index contributed by atoms with van der Waals surface area (Å²) in [6.07, 6.45) is 0. The molecule has 0 radical (unpaired) electrons. The molecule has 0 saturated carbocycles. The topological polar surface area (TPSA) is 38.9 Å². The number of para-hydroxylation sites is 1. The fourth-order valence-corrected chi connectivity index (χ4v) is 9.55. The van der Waals surface area contributed by atoms with Crippen molar-refractivity contribution in [2.24, 2.45) is 0 Å². The Morgan fingerprint density at radius 1 is 0.321 bits per heavy atom. The van der Waals surface area contributed by atoms with E-state index in [4.69, 9.17) is 14.4 Å². The predicted molar refractivity (Wildman–Crippen MR) is 227 cm³/mol. The molecule has 0 atom stereocenters. The molecule has 0 unspecified atom stereocenters. The quantitative estimate of drug-likeness (QED) is 0.183. The average Bonchev–Trinajstić information content (AvgIpc) is 3.76. The van der Waals surface area contributed by atoms with Crippen molar-refractivity contribution in [3.63, 3.8) is 0 Å². The molecule has 2 heterocycles. The molecule has 0 N–H and O–H groups in total. The van der Waals surface area contributed by atoms with E-state index in [9.17, 15) is 0 Å². The monoisotopic (exact) mass is 712 g/mol. The van der Waals surface area contributed by atoms with Gasteiger partial charge in [0, 0.05) is 27.5 Å². The van der Waals surface area contributed by atoms with E-state index in [2.05, 4.69) is 164 Å². The summed E-state index contributed by atoms with van der Waals surface area (Å²) in [7, 11) is 0. The summed E-state index contributed by atoms with van der Waals surface area (Å²) in [5, 5.41) is 2.21. The number of nitrogens with zero attached hydrogens (tertiary/aromatic N) is 2. The summed E-state index contributed by atoms with van der Waals surface area (Å²) in [4.78, 5) is 10.5. The zero-order valence-electron chi connectivity index (χ0n) is 30.3. The van der Waals surface area contributed by atoms with Crippen LogP contribution in [0.1, 0.15) is 22.3 Å². The number of aromatic nitrogens is 2. The molecule has 56 heavy (non-hydrogen) atoms. The molecule has 260 valence electrons. The van der Waals surface area contributed by atoms with Crippen LogP contribution in [0.5, 0.6) is 0 Å². The molecule has 3 nitrogen and oxygen atoms in total. The van der Waals surface area contributed by atoms with E-state index in [1.807, 2.05) is 30.3 Å². The van der Waals surface area contributed by atoms with E-state index in [1.54, 1.807) is 0 Å². The Labute approximate surface area is 324 Å². The fourth-order valence-electron chi connectivity index (χ4n) is 9.55. The Balaban J connectivity index is 1.13. The third kappa shape index (κ3) is 4.34. The highest BCUT2D eigenvalue weighted by Gasteiger charge is 2.49. The Hall–Kier alpha value is -7.36. The first-order chi connectivity index (χ1) is 27.8. The average molecular weight is 713 g/mol. The minimum Gasteiger partial charge on any atom is -0.456 e. The molecule has 8 aromatic carbocycles. The van der Waals surface area contributed by atoms with Gasteiger partial charge in [-0.3, -0.25) is 0 Å². The first-order valence-corrected chi connectivity index (χ1v) is 19.2. The van der Waals surface area contributed by atoms with Crippen LogP contribution in [0.15, 0.2) is 199 Å². The minimum atomic E-state index is -0.571. The Bertz CT molecular complexity index is 3140. The van der Waals surface area contributed by atoms with Crippen molar-refractivity contribution in [1.82, 2.24) is 9.97 Å². The molecule has 1 spiro atoms. The number of benzene rings is 8. The number of fused-ring (bicyclic) bond motifs is 15. The van der Waals surface area contributed by atoms with Crippen molar-refractivity contribution in [3.8, 4) is 67.3 Å². The van der Waals surface area contributed by atoms with Crippen LogP contribution in [-0.2, 0) is 5.41 Å². The molecule has 3 heteroatoms. The van der Waals surface area contributed by atoms with Crippen LogP contribution in [-0.4, -0.2) is 9.97 Å². The van der Waals surface area contributed by atoms with Crippen molar-refractivity contribution in [2.75, 3.05) is 0 Å². The van der Waals surface area contributed by atoms with Gasteiger partial charge in [0.15, 0.2) is 5.82 Å². The number of furan rings is 1. The van der Waals surface area contributed by atoms with Gasteiger partial charge in [-0.15, -0.1) is 0 Å². The highest BCUT2D eigenvalue weighted by Crippen LogP contribution is 2.61. The lowest BCUT2D eigenvalue weighted by atomic mass is 9.65. The van der Waals surface area contributed by atoms with E-state index >= 15 is 0 Å². The van der Waals surface area contributed by atoms with Crippen LogP contribution >= 0.6 is 0 Å². The summed E-state index contributed by atoms with van der Waals surface area (Å²) in [6, 6.07) is 69.9. The lowest BCUT2D eigenvalue weighted by Crippen LogP contribution is -2.29. The van der Waals surface area contributed by atoms with Crippen molar-refractivity contribution >= 4 is 21.9 Å². The molecule has 10 aromatic rings. The van der Waals surface area contributed by atoms with Crippen LogP contribution in [0.25, 0.3) is 89.2 Å². The molecular formula is C53H32N2O. The van der Waals surface area contributed by atoms with Gasteiger partial charge >= 0.3 is 0 Å². The summed E-state index contributed by atoms with van der Waals surface area (Å²) >= 11 is 0. The smallest absolute Gasteiger partial charge is 0.160 e. The van der Waals surface area contributed by atoms with E-state index in [-0.39, 0.29) is 0 Å². The van der Waals surface area contributed by atoms with Gasteiger partial charge in [0.2, 0.25) is 0 Å². The zero-order valence-corrected chi connectivity index (χ0v) is 30.3. The second kappa shape index (κ2) is 11.8. The molecule has 12 rings (SSSR count). The second-order valence-corrected chi connectivity index (χ2v) is 14.8. The highest BCUT2D eigenvalue weighted by molar-refractivity contribution is 6.06. The van der Waals surface area contributed by atoms with E-state index in [0.29, 0.717) is 5.82 Å². The standard InChI is InChI=1S/C53H32N2O/c1-2-14-33(15-3-1)52-54-48(32-49(55-52)35-27-29-43-42-21-9-13-25-50(42)56-51(43)31-35)34-26-28-41-40-20-8-12-24-46(40)53(47(41)30-34)44-22-10-6-18-38(44)36-16-4-5-17-37(36)39-19-7-11-23-45(39)53/h1-32H. The number of hydrogen-bond donors (Lipinski definition) is 0. The first-order valence-electron chi connectivity index (χ1n) is 19.2. The van der Waals surface area contributed by atoms with Crippen LogP contribution < -0.4 is 0 Å². The Morgan fingerprint density at radius 3 is 1.46 bits per heavy atom. The molecule has 0 fully saturated rings. The maximum Gasteiger partial charge on any atom is 0.160 e. The molecule has 0 aliphatic heterocycles. The fraction of sp³-hybridized carbons (Fsp3) is 0.0189. The van der Waals surface area contributed by atoms with Gasteiger partial charge in [-0.25, -0.2) is 9.97 Å². The summed E-state index contributed by atoms with van der Waals surface area (Å²) < 4.78 is 6.34. The second-order valence-electron chi connectivity index (χ2n) is 14.8. The molecule has 2 aromatic heterocycles. The minimum absolute atomic E-state index is 0.571. The van der Waals surface area contributed by atoms with Gasteiger partial charge in [0.25, 0.3) is 0 Å². The van der Waals surface area contributed by atoms with Crippen LogP contribution in [0.4, 0.5) is 0 Å². The maximum absolute atomic E-state index is 6.34. The van der Waals surface area contributed by atoms with Crippen molar-refractivity contribution in [2.45, 2.75) is 5.41 Å². The highest BCUT2D eigenvalue weighted by atomic mass is 16.3. The largest absolute Gasteiger partial charge is 0.456 e. The SMILES string of the molecule is c1ccc(-c2nc(-c3ccc4c(c3)C3(c5ccccc5-c5ccccc5-c5ccccc53)c3ccccc3-4)cc(-c3ccc4c(c3)oc3ccccc34)n2)cc1. The van der Waals surface area contributed by atoms with Gasteiger partial charge in [-0.05, 0) is 86.0 Å². The van der Waals surface area contributed by atoms with Gasteiger partial charge in [0.1, 0.15) is 11.2 Å². The Kier molecular flexibility index (Phi) is 6.55. The molecule has 0 amide bonds. The van der Waals surface area contributed by atoms with Gasteiger partial charge < -0.3 is 4.42 Å². The van der Waals surface area contributed by atoms with E-state index in [1.165, 1.54) is 55.6 Å². The first kappa shape index (κ1) is 31.0. The van der Waals surface area contributed by atoms with Crippen molar-refractivity contribution in [3.05, 3.63) is 216 Å². The van der Waals surface area contributed by atoms with Crippen LogP contribution in [0, 0.1) is 0 Å². The van der Waals surface area contributed by atoms with Gasteiger partial charge in [0.05, 0.1) is 16.8 Å². The number of hydrogen-bond acceptors (Lipinski definition) is 3. The molecule has 0 saturated heterocycles. The van der Waals surface area contributed by atoms with E-state index in [0.717, 1.165) is 50.0 Å². The molecule has 2 aliphatic carbocycles. The van der Waals surface area contributed by atoms with Crippen LogP contribution in [0.2, 0.25) is 0 Å². The van der Waals surface area contributed by atoms with Crippen molar-refractivity contribution < 1.29 is 4.42 Å². The van der Waals surface area contributed by atoms with E-state index < -0.39 is 5.41 Å².